The van der Waals surface area contributed by atoms with Gasteiger partial charge in [-0.1, -0.05) is 42.5 Å². The quantitative estimate of drug-likeness (QED) is 0.200. The van der Waals surface area contributed by atoms with Crippen molar-refractivity contribution >= 4 is 33.4 Å². The van der Waals surface area contributed by atoms with Crippen LogP contribution in [0, 0.1) is 0 Å². The van der Waals surface area contributed by atoms with Crippen molar-refractivity contribution in [2.75, 3.05) is 39.7 Å². The number of likely N-dealkylation sites (N-methyl/N-ethyl adjacent to an activating group) is 1. The van der Waals surface area contributed by atoms with E-state index in [1.54, 1.807) is 39.6 Å². The van der Waals surface area contributed by atoms with Crippen LogP contribution in [0.25, 0.3) is 0 Å². The molecule has 2 amide bonds. The zero-order chi connectivity index (χ0) is 35.4. The number of benzene rings is 3. The Hall–Kier alpha value is -4.68. The van der Waals surface area contributed by atoms with Crippen molar-refractivity contribution in [3.05, 3.63) is 110 Å². The summed E-state index contributed by atoms with van der Waals surface area (Å²) in [5.41, 5.74) is 4.50. The molecule has 2 aliphatic heterocycles. The number of imide groups is 1. The first-order valence-electron chi connectivity index (χ1n) is 16.7. The predicted octanol–water partition coefficient (Wildman–Crippen LogP) is 5.47. The number of hydrogen-bond donors (Lipinski definition) is 1. The van der Waals surface area contributed by atoms with E-state index in [1.165, 1.54) is 15.1 Å². The van der Waals surface area contributed by atoms with Gasteiger partial charge in [-0.15, -0.1) is 0 Å². The highest BCUT2D eigenvalue weighted by atomic mass is 79.9. The van der Waals surface area contributed by atoms with Crippen molar-refractivity contribution in [2.24, 2.45) is 7.05 Å². The summed E-state index contributed by atoms with van der Waals surface area (Å²) in [5.74, 6) is 1.40. The van der Waals surface area contributed by atoms with Gasteiger partial charge < -0.3 is 24.4 Å². The van der Waals surface area contributed by atoms with Crippen LogP contribution in [0.4, 0.5) is 5.69 Å². The minimum atomic E-state index is -0.402. The Balaban J connectivity index is 1.04. The SMILES string of the molecule is COc1ccc(CN2C(=O)CCC(c3ccc(OCc4ccc([C@H]5C[C@@H](Nc6cnn(C)c(=O)c6Br)CN(C)C5)cc4)cc3)C2=O)cc1OC. The van der Waals surface area contributed by atoms with Gasteiger partial charge in [-0.2, -0.15) is 5.10 Å². The van der Waals surface area contributed by atoms with Crippen molar-refractivity contribution in [1.82, 2.24) is 19.6 Å². The fourth-order valence-electron chi connectivity index (χ4n) is 6.82. The molecule has 4 aromatic rings. The number of nitrogens with one attached hydrogen (secondary N) is 1. The monoisotopic (exact) mass is 743 g/mol. The molecule has 2 saturated heterocycles. The lowest BCUT2D eigenvalue weighted by Crippen LogP contribution is -2.43. The topological polar surface area (TPSA) is 115 Å². The number of anilines is 1. The zero-order valence-corrected chi connectivity index (χ0v) is 30.3. The fourth-order valence-corrected chi connectivity index (χ4v) is 7.29. The largest absolute Gasteiger partial charge is 0.493 e. The van der Waals surface area contributed by atoms with Gasteiger partial charge in [0.05, 0.1) is 38.6 Å². The van der Waals surface area contributed by atoms with E-state index >= 15 is 0 Å². The van der Waals surface area contributed by atoms with E-state index < -0.39 is 5.92 Å². The number of piperidine rings is 2. The van der Waals surface area contributed by atoms with Crippen LogP contribution in [0.5, 0.6) is 17.2 Å². The summed E-state index contributed by atoms with van der Waals surface area (Å²) in [6.45, 7) is 2.40. The van der Waals surface area contributed by atoms with Crippen LogP contribution in [0.1, 0.15) is 53.4 Å². The third kappa shape index (κ3) is 7.87. The maximum atomic E-state index is 13.5. The molecule has 262 valence electrons. The van der Waals surface area contributed by atoms with Crippen LogP contribution in [0.15, 0.2) is 82.2 Å². The third-order valence-corrected chi connectivity index (χ3v) is 10.3. The number of amides is 2. The van der Waals surface area contributed by atoms with Gasteiger partial charge in [0.2, 0.25) is 11.8 Å². The molecule has 3 atom stereocenters. The van der Waals surface area contributed by atoms with Crippen molar-refractivity contribution in [2.45, 2.75) is 50.3 Å². The Kier molecular flexibility index (Phi) is 10.9. The van der Waals surface area contributed by atoms with E-state index in [0.29, 0.717) is 52.8 Å². The minimum absolute atomic E-state index is 0.167. The van der Waals surface area contributed by atoms with Gasteiger partial charge in [-0.25, -0.2) is 4.68 Å². The number of rotatable bonds is 11. The molecule has 2 aliphatic rings. The Bertz CT molecular complexity index is 1900. The number of methoxy groups -OCH3 is 2. The standard InChI is InChI=1S/C38H42BrN5O6/c1-42-21-28(18-29(22-42)41-32-19-40-43(2)38(47)36(32)39)26-8-5-24(6-9-26)23-50-30-12-10-27(11-13-30)31-14-16-35(45)44(37(31)46)20-25-7-15-33(48-3)34(17-25)49-4/h5-13,15,17,19,28-29,31,41H,14,16,18,20-23H2,1-4H3/t28-,29+,31?/m0/s1. The number of aromatic nitrogens is 2. The first kappa shape index (κ1) is 35.2. The number of hydrogen-bond acceptors (Lipinski definition) is 9. The maximum Gasteiger partial charge on any atom is 0.282 e. The predicted molar refractivity (Wildman–Crippen MR) is 194 cm³/mol. The van der Waals surface area contributed by atoms with Crippen molar-refractivity contribution in [3.8, 4) is 17.2 Å². The summed E-state index contributed by atoms with van der Waals surface area (Å²) < 4.78 is 18.6. The van der Waals surface area contributed by atoms with E-state index in [4.69, 9.17) is 14.2 Å². The molecule has 11 nitrogen and oxygen atoms in total. The fraction of sp³-hybridized carbons (Fsp3) is 0.368. The van der Waals surface area contributed by atoms with Crippen LogP contribution in [-0.2, 0) is 29.8 Å². The Morgan fingerprint density at radius 2 is 1.58 bits per heavy atom. The summed E-state index contributed by atoms with van der Waals surface area (Å²) in [7, 11) is 6.87. The molecular weight excluding hydrogens is 702 g/mol. The molecule has 12 heteroatoms. The number of ether oxygens (including phenoxy) is 3. The molecule has 1 unspecified atom stereocenters. The van der Waals surface area contributed by atoms with E-state index in [0.717, 1.165) is 36.2 Å². The molecule has 0 bridgehead atoms. The summed E-state index contributed by atoms with van der Waals surface area (Å²) in [6.07, 6.45) is 3.39. The second kappa shape index (κ2) is 15.5. The first-order chi connectivity index (χ1) is 24.1. The van der Waals surface area contributed by atoms with E-state index in [2.05, 4.69) is 62.6 Å². The number of nitrogens with zero attached hydrogens (tertiary/aromatic N) is 4. The van der Waals surface area contributed by atoms with E-state index in [1.807, 2.05) is 30.3 Å². The molecule has 1 N–H and O–H groups in total. The van der Waals surface area contributed by atoms with Gasteiger partial charge >= 0.3 is 0 Å². The number of likely N-dealkylation sites (tertiary alicyclic amines) is 2. The molecule has 1 aromatic heterocycles. The molecular formula is C38H42BrN5O6. The van der Waals surface area contributed by atoms with Gasteiger partial charge in [0, 0.05) is 32.6 Å². The smallest absolute Gasteiger partial charge is 0.282 e. The van der Waals surface area contributed by atoms with Crippen LogP contribution >= 0.6 is 15.9 Å². The molecule has 0 radical (unpaired) electrons. The van der Waals surface area contributed by atoms with E-state index in [9.17, 15) is 14.4 Å². The molecule has 0 aliphatic carbocycles. The molecule has 0 saturated carbocycles. The normalized spacial score (nSPS) is 19.7. The second-order valence-corrected chi connectivity index (χ2v) is 13.8. The average Bonchev–Trinajstić information content (AvgIpc) is 3.13. The third-order valence-electron chi connectivity index (χ3n) is 9.51. The summed E-state index contributed by atoms with van der Waals surface area (Å²) in [6, 6.07) is 21.7. The zero-order valence-electron chi connectivity index (χ0n) is 28.7. The van der Waals surface area contributed by atoms with Crippen molar-refractivity contribution in [1.29, 1.82) is 0 Å². The Morgan fingerprint density at radius 1 is 0.880 bits per heavy atom. The molecule has 2 fully saturated rings. The maximum absolute atomic E-state index is 13.5. The van der Waals surface area contributed by atoms with Gasteiger partial charge in [0.15, 0.2) is 11.5 Å². The lowest BCUT2D eigenvalue weighted by molar-refractivity contribution is -0.150. The Labute approximate surface area is 300 Å². The lowest BCUT2D eigenvalue weighted by Gasteiger charge is -2.37. The molecule has 6 rings (SSSR count). The van der Waals surface area contributed by atoms with Gasteiger partial charge in [0.25, 0.3) is 5.56 Å². The van der Waals surface area contributed by atoms with Crippen LogP contribution in [0.3, 0.4) is 0 Å². The number of halogens is 1. The molecule has 50 heavy (non-hydrogen) atoms. The van der Waals surface area contributed by atoms with E-state index in [-0.39, 0.29) is 30.0 Å². The lowest BCUT2D eigenvalue weighted by atomic mass is 9.88. The summed E-state index contributed by atoms with van der Waals surface area (Å²) in [4.78, 5) is 42.3. The molecule has 0 spiro atoms. The Morgan fingerprint density at radius 3 is 2.30 bits per heavy atom. The van der Waals surface area contributed by atoms with Crippen molar-refractivity contribution in [3.63, 3.8) is 0 Å². The number of carbonyl (C=O) groups excluding carboxylic acids is 2. The van der Waals surface area contributed by atoms with Gasteiger partial charge in [0.1, 0.15) is 16.8 Å². The second-order valence-electron chi connectivity index (χ2n) is 13.0. The van der Waals surface area contributed by atoms with Crippen LogP contribution in [0.2, 0.25) is 0 Å². The highest BCUT2D eigenvalue weighted by Crippen LogP contribution is 2.34. The highest BCUT2D eigenvalue weighted by Gasteiger charge is 2.35. The van der Waals surface area contributed by atoms with Crippen molar-refractivity contribution < 1.29 is 23.8 Å². The summed E-state index contributed by atoms with van der Waals surface area (Å²) >= 11 is 3.42. The molecule has 3 heterocycles. The van der Waals surface area contributed by atoms with Gasteiger partial charge in [-0.3, -0.25) is 19.3 Å². The number of aryl methyl sites for hydroxylation is 1. The van der Waals surface area contributed by atoms with Gasteiger partial charge in [-0.05, 0) is 88.3 Å². The van der Waals surface area contributed by atoms with Crippen LogP contribution < -0.4 is 25.1 Å². The summed E-state index contributed by atoms with van der Waals surface area (Å²) in [5, 5.41) is 7.68. The van der Waals surface area contributed by atoms with Crippen LogP contribution in [-0.4, -0.2) is 71.8 Å². The number of carbonyl (C=O) groups is 2. The highest BCUT2D eigenvalue weighted by molar-refractivity contribution is 9.10. The average molecular weight is 745 g/mol. The first-order valence-corrected chi connectivity index (χ1v) is 17.5. The minimum Gasteiger partial charge on any atom is -0.493 e. The molecule has 3 aromatic carbocycles.